The fourth-order valence-electron chi connectivity index (χ4n) is 0. The van der Waals surface area contributed by atoms with Gasteiger partial charge in [-0.1, -0.05) is 0 Å². The van der Waals surface area contributed by atoms with E-state index in [2.05, 4.69) is 0 Å². The van der Waals surface area contributed by atoms with Gasteiger partial charge < -0.3 is 19.2 Å². The van der Waals surface area contributed by atoms with E-state index in [0.29, 0.717) is 0 Å². The van der Waals surface area contributed by atoms with Gasteiger partial charge >= 0.3 is 107 Å². The molecule has 9 heteroatoms. The van der Waals surface area contributed by atoms with E-state index in [1.165, 1.54) is 0 Å². The third-order valence-electron chi connectivity index (χ3n) is 0. The Morgan fingerprint density at radius 2 is 0.889 bits per heavy atom. The molecule has 9 heavy (non-hydrogen) atoms. The quantitative estimate of drug-likeness (QED) is 0.297. The SMILES string of the molecule is O=P([O-])([O-])[O-].[Ca+2].[Mg+2].[Mg+2].[Mg+2]. The van der Waals surface area contributed by atoms with Crippen molar-refractivity contribution in [2.45, 2.75) is 0 Å². The molecule has 0 aliphatic rings. The average molecular weight is 208 g/mol. The first-order valence-corrected chi connectivity index (χ1v) is 2.19. The second-order valence-corrected chi connectivity index (χ2v) is 1.34. The summed E-state index contributed by atoms with van der Waals surface area (Å²) in [7, 11) is -5.39. The Hall–Kier alpha value is 3.67. The molecule has 4 nitrogen and oxygen atoms in total. The molecule has 0 saturated carbocycles. The topological polar surface area (TPSA) is 86.2 Å². The first-order chi connectivity index (χ1) is 2.00. The largest absolute Gasteiger partial charge is 2.00 e. The van der Waals surface area contributed by atoms with Crippen LogP contribution in [0.5, 0.6) is 0 Å². The maximum Gasteiger partial charge on any atom is 2.00 e. The standard InChI is InChI=1S/Ca.3Mg.H3O4P/c;;;;1-5(2,3)4/h;;;;(H3,1,2,3,4)/q4*+2;/p-3. The third-order valence-corrected chi connectivity index (χ3v) is 0. The molecule has 0 atom stereocenters. The molecule has 0 aromatic heterocycles. The molecule has 32 valence electrons. The van der Waals surface area contributed by atoms with E-state index in [9.17, 15) is 0 Å². The Morgan fingerprint density at radius 1 is 0.889 bits per heavy atom. The Kier molecular flexibility index (Phi) is 46.3. The van der Waals surface area contributed by atoms with Crippen molar-refractivity contribution in [3.05, 3.63) is 0 Å². The van der Waals surface area contributed by atoms with Crippen LogP contribution in [-0.2, 0) is 4.57 Å². The van der Waals surface area contributed by atoms with Gasteiger partial charge in [-0.3, -0.25) is 0 Å². The maximum atomic E-state index is 8.55. The van der Waals surface area contributed by atoms with Crippen molar-refractivity contribution in [1.29, 1.82) is 0 Å². The van der Waals surface area contributed by atoms with Crippen molar-refractivity contribution in [2.24, 2.45) is 0 Å². The Balaban J connectivity index is -0.0000000133. The summed E-state index contributed by atoms with van der Waals surface area (Å²) in [5.41, 5.74) is 0. The molecular weight excluding hydrogens is 208 g/mol. The summed E-state index contributed by atoms with van der Waals surface area (Å²) >= 11 is 0. The summed E-state index contributed by atoms with van der Waals surface area (Å²) in [5, 5.41) is 0. The third kappa shape index (κ3) is 81.1. The van der Waals surface area contributed by atoms with Crippen LogP contribution in [-0.4, -0.2) is 107 Å². The van der Waals surface area contributed by atoms with Crippen molar-refractivity contribution in [1.82, 2.24) is 0 Å². The number of hydrogen-bond donors (Lipinski definition) is 0. The minimum atomic E-state index is -5.39. The molecule has 0 unspecified atom stereocenters. The van der Waals surface area contributed by atoms with Gasteiger partial charge in [0.1, 0.15) is 0 Å². The van der Waals surface area contributed by atoms with Crippen LogP contribution in [0.4, 0.5) is 0 Å². The van der Waals surface area contributed by atoms with E-state index >= 15 is 0 Å². The minimum Gasteiger partial charge on any atom is -0.822 e. The number of hydrogen-bond acceptors (Lipinski definition) is 4. The van der Waals surface area contributed by atoms with Crippen molar-refractivity contribution in [2.75, 3.05) is 0 Å². The summed E-state index contributed by atoms with van der Waals surface area (Å²) < 4.78 is 8.55. The van der Waals surface area contributed by atoms with Crippen molar-refractivity contribution >= 4 is 115 Å². The predicted molar refractivity (Wildman–Crippen MR) is 30.6 cm³/mol. The summed E-state index contributed by atoms with van der Waals surface area (Å²) in [4.78, 5) is 25.6. The van der Waals surface area contributed by atoms with Crippen molar-refractivity contribution in [3.8, 4) is 0 Å². The molecule has 0 radical (unpaired) electrons. The maximum absolute atomic E-state index is 8.55. The van der Waals surface area contributed by atoms with Crippen LogP contribution in [0.3, 0.4) is 0 Å². The minimum absolute atomic E-state index is 0. The molecule has 0 aromatic carbocycles. The molecule has 0 bridgehead atoms. The Labute approximate surface area is 131 Å². The van der Waals surface area contributed by atoms with Crippen molar-refractivity contribution in [3.63, 3.8) is 0 Å². The molecule has 0 N–H and O–H groups in total. The van der Waals surface area contributed by atoms with Crippen LogP contribution in [0.1, 0.15) is 0 Å². The van der Waals surface area contributed by atoms with E-state index in [0.717, 1.165) is 0 Å². The number of rotatable bonds is 0. The van der Waals surface area contributed by atoms with Gasteiger partial charge in [-0.2, -0.15) is 7.82 Å². The van der Waals surface area contributed by atoms with E-state index in [1.807, 2.05) is 0 Å². The monoisotopic (exact) mass is 207 g/mol. The molecule has 0 aliphatic heterocycles. The summed E-state index contributed by atoms with van der Waals surface area (Å²) in [6.07, 6.45) is 0. The van der Waals surface area contributed by atoms with Crippen LogP contribution in [0.2, 0.25) is 0 Å². The van der Waals surface area contributed by atoms with Gasteiger partial charge in [0, 0.05) is 0 Å². The molecule has 0 spiro atoms. The fourth-order valence-corrected chi connectivity index (χ4v) is 0. The summed E-state index contributed by atoms with van der Waals surface area (Å²) in [5.74, 6) is 0. The molecule has 0 heterocycles. The van der Waals surface area contributed by atoms with Gasteiger partial charge in [-0.25, -0.2) is 0 Å². The van der Waals surface area contributed by atoms with E-state index < -0.39 is 7.82 Å². The van der Waals surface area contributed by atoms with Crippen LogP contribution in [0.25, 0.3) is 0 Å². The van der Waals surface area contributed by atoms with Gasteiger partial charge in [0.25, 0.3) is 0 Å². The Bertz CT molecular complexity index is 61.9. The zero-order valence-electron chi connectivity index (χ0n) is 4.91. The number of phosphoric acid groups is 1. The second-order valence-electron chi connectivity index (χ2n) is 0.447. The van der Waals surface area contributed by atoms with E-state index in [-0.39, 0.29) is 107 Å². The van der Waals surface area contributed by atoms with Crippen LogP contribution >= 0.6 is 7.82 Å². The summed E-state index contributed by atoms with van der Waals surface area (Å²) in [6.45, 7) is 0. The molecule has 0 fully saturated rings. The van der Waals surface area contributed by atoms with E-state index in [1.54, 1.807) is 0 Å². The van der Waals surface area contributed by atoms with E-state index in [4.69, 9.17) is 19.2 Å². The smallest absolute Gasteiger partial charge is 0.822 e. The zero-order valence-corrected chi connectivity index (χ0v) is 12.3. The van der Waals surface area contributed by atoms with Gasteiger partial charge in [0.2, 0.25) is 0 Å². The Morgan fingerprint density at radius 3 is 0.889 bits per heavy atom. The molecule has 0 rings (SSSR count). The van der Waals surface area contributed by atoms with Crippen LogP contribution in [0.15, 0.2) is 0 Å². The molecule has 0 aliphatic carbocycles. The van der Waals surface area contributed by atoms with Gasteiger partial charge in [0.05, 0.1) is 0 Å². The normalized spacial score (nSPS) is 6.56. The first kappa shape index (κ1) is 29.3. The van der Waals surface area contributed by atoms with Gasteiger partial charge in [-0.15, -0.1) is 0 Å². The van der Waals surface area contributed by atoms with Crippen molar-refractivity contribution < 1.29 is 19.2 Å². The predicted octanol–water partition coefficient (Wildman–Crippen LogP) is -4.35. The summed E-state index contributed by atoms with van der Waals surface area (Å²) in [6, 6.07) is 0. The van der Waals surface area contributed by atoms with Gasteiger partial charge in [-0.05, 0) is 0 Å². The van der Waals surface area contributed by atoms with Gasteiger partial charge in [0.15, 0.2) is 0 Å². The molecule has 0 amide bonds. The molecular formula is CaMg3O4P+5. The molecule has 0 saturated heterocycles. The molecule has 0 aromatic rings. The zero-order chi connectivity index (χ0) is 4.50. The average Bonchev–Trinajstić information content (AvgIpc) is 0.722. The van der Waals surface area contributed by atoms with Crippen LogP contribution in [0, 0.1) is 0 Å². The fraction of sp³-hybridized carbons (Fsp3) is 0. The second kappa shape index (κ2) is 14.2. The van der Waals surface area contributed by atoms with Crippen LogP contribution < -0.4 is 14.7 Å². The first-order valence-electron chi connectivity index (χ1n) is 0.730.